The topological polar surface area (TPSA) is 82.2 Å². The molecule has 10 heteroatoms. The number of carbonyl (C=O) groups excluding carboxylic acids is 1. The van der Waals surface area contributed by atoms with Gasteiger partial charge in [-0.25, -0.2) is 0 Å². The number of hydrogen-bond donors (Lipinski definition) is 1. The molecule has 0 aliphatic heterocycles. The summed E-state index contributed by atoms with van der Waals surface area (Å²) in [6.45, 7) is 5.97. The van der Waals surface area contributed by atoms with E-state index in [9.17, 15) is 4.79 Å². The van der Waals surface area contributed by atoms with Crippen LogP contribution in [0.1, 0.15) is 38.8 Å². The van der Waals surface area contributed by atoms with Gasteiger partial charge in [0.2, 0.25) is 0 Å². The zero-order chi connectivity index (χ0) is 24.4. The van der Waals surface area contributed by atoms with E-state index in [4.69, 9.17) is 44.1 Å². The first-order valence-corrected chi connectivity index (χ1v) is 11.5. The Bertz CT molecular complexity index is 1360. The second kappa shape index (κ2) is 10.1. The van der Waals surface area contributed by atoms with Crippen LogP contribution in [-0.4, -0.2) is 20.8 Å². The fourth-order valence-corrected chi connectivity index (χ4v) is 3.98. The smallest absolute Gasteiger partial charge is 0.278 e. The van der Waals surface area contributed by atoms with Gasteiger partial charge in [0.1, 0.15) is 18.1 Å². The van der Waals surface area contributed by atoms with Crippen LogP contribution in [0.15, 0.2) is 47.0 Å². The summed E-state index contributed by atoms with van der Waals surface area (Å²) in [5.41, 5.74) is 3.66. The lowest BCUT2D eigenvalue weighted by molar-refractivity contribution is 0.101. The van der Waals surface area contributed by atoms with Gasteiger partial charge in [-0.2, -0.15) is 5.10 Å². The second-order valence-corrected chi connectivity index (χ2v) is 8.91. The van der Waals surface area contributed by atoms with E-state index >= 15 is 0 Å². The van der Waals surface area contributed by atoms with Crippen LogP contribution in [-0.2, 0) is 13.2 Å². The zero-order valence-electron chi connectivity index (χ0n) is 18.7. The van der Waals surface area contributed by atoms with Crippen LogP contribution in [0.5, 0.6) is 5.75 Å². The molecule has 2 heterocycles. The van der Waals surface area contributed by atoms with Crippen molar-refractivity contribution in [2.75, 3.05) is 5.32 Å². The van der Waals surface area contributed by atoms with Crippen LogP contribution in [0, 0.1) is 20.8 Å². The highest BCUT2D eigenvalue weighted by Crippen LogP contribution is 2.27. The number of nitrogens with one attached hydrogen (secondary N) is 1. The molecular formula is C24H21Cl3N4O3. The minimum absolute atomic E-state index is 0.0797. The van der Waals surface area contributed by atoms with Crippen molar-refractivity contribution in [3.05, 3.63) is 91.5 Å². The summed E-state index contributed by atoms with van der Waals surface area (Å²) in [6, 6.07) is 12.5. The number of nitrogens with zero attached hydrogens (tertiary/aromatic N) is 3. The number of benzene rings is 2. The summed E-state index contributed by atoms with van der Waals surface area (Å²) >= 11 is 18.3. The van der Waals surface area contributed by atoms with Crippen LogP contribution in [0.25, 0.3) is 0 Å². The maximum Gasteiger partial charge on any atom is 0.278 e. The van der Waals surface area contributed by atoms with Gasteiger partial charge in [-0.05, 0) is 50.6 Å². The van der Waals surface area contributed by atoms with Crippen molar-refractivity contribution in [2.45, 2.75) is 33.9 Å². The first-order valence-electron chi connectivity index (χ1n) is 10.4. The first-order chi connectivity index (χ1) is 16.2. The van der Waals surface area contributed by atoms with Gasteiger partial charge in [-0.3, -0.25) is 9.48 Å². The van der Waals surface area contributed by atoms with E-state index in [1.165, 1.54) is 0 Å². The maximum absolute atomic E-state index is 13.1. The number of para-hydroxylation sites is 1. The first kappa shape index (κ1) is 24.1. The van der Waals surface area contributed by atoms with Crippen molar-refractivity contribution in [1.29, 1.82) is 0 Å². The van der Waals surface area contributed by atoms with Crippen LogP contribution in [0.4, 0.5) is 5.69 Å². The Hall–Kier alpha value is -3.00. The number of aromatic nitrogens is 3. The summed E-state index contributed by atoms with van der Waals surface area (Å²) in [5.74, 6) is 0.572. The number of rotatable bonds is 7. The summed E-state index contributed by atoms with van der Waals surface area (Å²) in [5, 5.41) is 12.9. The molecule has 1 N–H and O–H groups in total. The van der Waals surface area contributed by atoms with Gasteiger partial charge >= 0.3 is 0 Å². The lowest BCUT2D eigenvalue weighted by Gasteiger charge is -2.09. The van der Waals surface area contributed by atoms with E-state index in [0.717, 1.165) is 11.3 Å². The number of halogens is 3. The number of carbonyl (C=O) groups is 1. The van der Waals surface area contributed by atoms with Gasteiger partial charge in [0.05, 0.1) is 44.3 Å². The Labute approximate surface area is 211 Å². The average molecular weight is 520 g/mol. The van der Waals surface area contributed by atoms with Gasteiger partial charge in [-0.15, -0.1) is 0 Å². The van der Waals surface area contributed by atoms with Crippen LogP contribution in [0.2, 0.25) is 15.1 Å². The number of anilines is 1. The van der Waals surface area contributed by atoms with E-state index in [2.05, 4.69) is 15.6 Å². The third-order valence-electron chi connectivity index (χ3n) is 5.34. The van der Waals surface area contributed by atoms with E-state index < -0.39 is 5.91 Å². The monoisotopic (exact) mass is 518 g/mol. The van der Waals surface area contributed by atoms with Crippen LogP contribution in [0.3, 0.4) is 0 Å². The molecule has 0 saturated heterocycles. The average Bonchev–Trinajstić information content (AvgIpc) is 3.30. The van der Waals surface area contributed by atoms with E-state index in [1.807, 2.05) is 32.0 Å². The van der Waals surface area contributed by atoms with Crippen molar-refractivity contribution >= 4 is 46.4 Å². The molecular weight excluding hydrogens is 499 g/mol. The fraction of sp³-hybridized carbons (Fsp3) is 0.208. The molecule has 4 aromatic rings. The van der Waals surface area contributed by atoms with Crippen molar-refractivity contribution in [2.24, 2.45) is 0 Å². The molecule has 4 rings (SSSR count). The molecule has 0 saturated carbocycles. The predicted molar refractivity (Wildman–Crippen MR) is 132 cm³/mol. The third kappa shape index (κ3) is 5.06. The van der Waals surface area contributed by atoms with Crippen LogP contribution < -0.4 is 10.1 Å². The molecule has 176 valence electrons. The lowest BCUT2D eigenvalue weighted by atomic mass is 10.2. The van der Waals surface area contributed by atoms with Crippen LogP contribution >= 0.6 is 34.8 Å². The van der Waals surface area contributed by atoms with Gasteiger partial charge < -0.3 is 14.6 Å². The molecule has 0 spiro atoms. The van der Waals surface area contributed by atoms with Crippen molar-refractivity contribution in [3.8, 4) is 5.75 Å². The highest BCUT2D eigenvalue weighted by Gasteiger charge is 2.23. The maximum atomic E-state index is 13.1. The summed E-state index contributed by atoms with van der Waals surface area (Å²) in [6.07, 6.45) is 0. The second-order valence-electron chi connectivity index (χ2n) is 7.69. The highest BCUT2D eigenvalue weighted by molar-refractivity contribution is 6.42. The SMILES string of the molecule is Cc1nn(Cc2ccc(Cl)c(Cl)c2)c(C)c1NC(=O)c1noc(C)c1COc1ccccc1Cl. The minimum atomic E-state index is -0.421. The molecule has 1 amide bonds. The Balaban J connectivity index is 1.52. The Morgan fingerprint density at radius 2 is 1.82 bits per heavy atom. The molecule has 0 atom stereocenters. The van der Waals surface area contributed by atoms with E-state index in [-0.39, 0.29) is 12.3 Å². The van der Waals surface area contributed by atoms with Gasteiger partial charge in [0.15, 0.2) is 5.69 Å². The molecule has 2 aromatic carbocycles. The fourth-order valence-electron chi connectivity index (χ4n) is 3.47. The normalized spacial score (nSPS) is 11.0. The lowest BCUT2D eigenvalue weighted by Crippen LogP contribution is -2.16. The molecule has 0 unspecified atom stereocenters. The number of hydrogen-bond acceptors (Lipinski definition) is 5. The van der Waals surface area contributed by atoms with Gasteiger partial charge in [0.25, 0.3) is 5.91 Å². The molecule has 0 radical (unpaired) electrons. The minimum Gasteiger partial charge on any atom is -0.487 e. The van der Waals surface area contributed by atoms with Crippen molar-refractivity contribution in [1.82, 2.24) is 14.9 Å². The number of amides is 1. The van der Waals surface area contributed by atoms with Crippen molar-refractivity contribution in [3.63, 3.8) is 0 Å². The molecule has 7 nitrogen and oxygen atoms in total. The van der Waals surface area contributed by atoms with Gasteiger partial charge in [0, 0.05) is 0 Å². The predicted octanol–water partition coefficient (Wildman–Crippen LogP) is 6.64. The standard InChI is InChI=1S/C24H21Cl3N4O3/c1-13-22(14(2)31(29-13)11-16-8-9-18(25)20(27)10-16)28-24(32)23-17(15(3)34-30-23)12-33-21-7-5-4-6-19(21)26/h4-10H,11-12H2,1-3H3,(H,28,32). The Kier molecular flexibility index (Phi) is 7.16. The number of aryl methyl sites for hydroxylation is 2. The van der Waals surface area contributed by atoms with Gasteiger partial charge in [-0.1, -0.05) is 58.2 Å². The number of ether oxygens (including phenoxy) is 1. The molecule has 0 aliphatic carbocycles. The quantitative estimate of drug-likeness (QED) is 0.296. The molecule has 0 fully saturated rings. The summed E-state index contributed by atoms with van der Waals surface area (Å²) < 4.78 is 12.9. The third-order valence-corrected chi connectivity index (χ3v) is 6.40. The molecule has 34 heavy (non-hydrogen) atoms. The summed E-state index contributed by atoms with van der Waals surface area (Å²) in [4.78, 5) is 13.1. The summed E-state index contributed by atoms with van der Waals surface area (Å²) in [7, 11) is 0. The van der Waals surface area contributed by atoms with E-state index in [1.54, 1.807) is 35.9 Å². The Morgan fingerprint density at radius 1 is 1.06 bits per heavy atom. The highest BCUT2D eigenvalue weighted by atomic mass is 35.5. The Morgan fingerprint density at radius 3 is 2.56 bits per heavy atom. The van der Waals surface area contributed by atoms with Crippen molar-refractivity contribution < 1.29 is 14.1 Å². The largest absolute Gasteiger partial charge is 0.487 e. The molecule has 0 bridgehead atoms. The van der Waals surface area contributed by atoms with E-state index in [0.29, 0.717) is 50.1 Å². The zero-order valence-corrected chi connectivity index (χ0v) is 20.9. The molecule has 2 aromatic heterocycles. The molecule has 0 aliphatic rings.